The smallest absolute Gasteiger partial charge is 0.291 e. The van der Waals surface area contributed by atoms with Gasteiger partial charge in [-0.05, 0) is 12.1 Å². The lowest BCUT2D eigenvalue weighted by Crippen LogP contribution is -2.30. The predicted molar refractivity (Wildman–Crippen MR) is 55.0 cm³/mol. The molecular weight excluding hydrogens is 218 g/mol. The van der Waals surface area contributed by atoms with Gasteiger partial charge in [0.15, 0.2) is 0 Å². The molecule has 1 aliphatic heterocycles. The van der Waals surface area contributed by atoms with Crippen molar-refractivity contribution < 1.29 is 9.53 Å². The number of carbonyl (C=O) groups excluding carboxylic acids is 1. The quantitative estimate of drug-likeness (QED) is 0.721. The third-order valence-corrected chi connectivity index (χ3v) is 2.00. The van der Waals surface area contributed by atoms with Gasteiger partial charge in [-0.15, -0.1) is 0 Å². The number of hydrogen-bond donors (Lipinski definition) is 1. The Morgan fingerprint density at radius 2 is 2.47 bits per heavy atom. The first-order valence-corrected chi connectivity index (χ1v) is 4.73. The minimum atomic E-state index is -0.306. The van der Waals surface area contributed by atoms with E-state index in [1.807, 2.05) is 0 Å². The molecule has 2 rings (SSSR count). The van der Waals surface area contributed by atoms with Gasteiger partial charge in [-0.1, -0.05) is 11.6 Å². The van der Waals surface area contributed by atoms with Crippen LogP contribution in [0.2, 0.25) is 5.15 Å². The molecule has 0 aliphatic carbocycles. The van der Waals surface area contributed by atoms with Crippen molar-refractivity contribution in [2.24, 2.45) is 4.99 Å². The highest BCUT2D eigenvalue weighted by atomic mass is 35.5. The summed E-state index contributed by atoms with van der Waals surface area (Å²) in [6.07, 6.45) is 1.47. The molecule has 6 heteroatoms. The van der Waals surface area contributed by atoms with E-state index in [0.29, 0.717) is 18.7 Å². The summed E-state index contributed by atoms with van der Waals surface area (Å²) in [6.45, 7) is 1.08. The number of nitrogens with zero attached hydrogens (tertiary/aromatic N) is 2. The summed E-state index contributed by atoms with van der Waals surface area (Å²) in [4.78, 5) is 19.3. The number of ether oxygens (including phenoxy) is 1. The van der Waals surface area contributed by atoms with Gasteiger partial charge >= 0.3 is 0 Å². The monoisotopic (exact) mass is 225 g/mol. The van der Waals surface area contributed by atoms with Gasteiger partial charge < -0.3 is 4.74 Å². The van der Waals surface area contributed by atoms with Gasteiger partial charge in [0.05, 0.1) is 6.54 Å². The SMILES string of the molecule is O=C(NC1=NCCO1)c1ccnc(Cl)c1. The van der Waals surface area contributed by atoms with E-state index in [2.05, 4.69) is 15.3 Å². The minimum absolute atomic E-state index is 0.257. The maximum absolute atomic E-state index is 11.6. The molecule has 0 unspecified atom stereocenters. The maximum atomic E-state index is 11.6. The van der Waals surface area contributed by atoms with Crippen molar-refractivity contribution in [2.75, 3.05) is 13.2 Å². The second kappa shape index (κ2) is 4.27. The molecule has 1 amide bonds. The van der Waals surface area contributed by atoms with E-state index in [9.17, 15) is 4.79 Å². The largest absolute Gasteiger partial charge is 0.463 e. The lowest BCUT2D eigenvalue weighted by Gasteiger charge is -2.03. The van der Waals surface area contributed by atoms with E-state index in [1.165, 1.54) is 12.3 Å². The molecule has 1 N–H and O–H groups in total. The number of rotatable bonds is 1. The van der Waals surface area contributed by atoms with Crippen molar-refractivity contribution >= 4 is 23.5 Å². The topological polar surface area (TPSA) is 63.6 Å². The Bertz CT molecular complexity index is 420. The van der Waals surface area contributed by atoms with Crippen LogP contribution in [0.5, 0.6) is 0 Å². The Morgan fingerprint density at radius 3 is 3.13 bits per heavy atom. The molecule has 1 aromatic rings. The zero-order chi connectivity index (χ0) is 10.7. The standard InChI is InChI=1S/C9H8ClN3O2/c10-7-5-6(1-2-11-7)8(14)13-9-12-3-4-15-9/h1-2,5H,3-4H2,(H,12,13,14). The second-order valence-electron chi connectivity index (χ2n) is 2.86. The number of pyridine rings is 1. The molecule has 0 fully saturated rings. The number of hydrogen-bond acceptors (Lipinski definition) is 4. The van der Waals surface area contributed by atoms with Gasteiger partial charge in [-0.2, -0.15) is 0 Å². The number of amidine groups is 1. The Kier molecular flexibility index (Phi) is 2.82. The molecule has 5 nitrogen and oxygen atoms in total. The van der Waals surface area contributed by atoms with E-state index in [4.69, 9.17) is 16.3 Å². The molecule has 2 heterocycles. The number of aliphatic imine (C=N–C) groups is 1. The van der Waals surface area contributed by atoms with Crippen molar-refractivity contribution in [2.45, 2.75) is 0 Å². The molecule has 0 saturated carbocycles. The first-order chi connectivity index (χ1) is 7.25. The van der Waals surface area contributed by atoms with Crippen molar-refractivity contribution in [3.05, 3.63) is 29.0 Å². The van der Waals surface area contributed by atoms with Crippen molar-refractivity contribution in [3.63, 3.8) is 0 Å². The molecule has 0 bridgehead atoms. The third kappa shape index (κ3) is 2.44. The maximum Gasteiger partial charge on any atom is 0.291 e. The van der Waals surface area contributed by atoms with E-state index < -0.39 is 0 Å². The summed E-state index contributed by atoms with van der Waals surface area (Å²) in [5.74, 6) is -0.306. The highest BCUT2D eigenvalue weighted by Crippen LogP contribution is 2.06. The first-order valence-electron chi connectivity index (χ1n) is 4.36. The predicted octanol–water partition coefficient (Wildman–Crippen LogP) is 0.851. The van der Waals surface area contributed by atoms with Crippen LogP contribution in [-0.4, -0.2) is 30.1 Å². The number of halogens is 1. The van der Waals surface area contributed by atoms with Gasteiger partial charge in [-0.3, -0.25) is 10.1 Å². The van der Waals surface area contributed by atoms with Crippen LogP contribution in [0.1, 0.15) is 10.4 Å². The average Bonchev–Trinajstić information content (AvgIpc) is 2.70. The fourth-order valence-electron chi connectivity index (χ4n) is 1.12. The number of amides is 1. The zero-order valence-electron chi connectivity index (χ0n) is 7.74. The van der Waals surface area contributed by atoms with Gasteiger partial charge in [-0.25, -0.2) is 9.98 Å². The molecule has 0 aromatic carbocycles. The lowest BCUT2D eigenvalue weighted by molar-refractivity contribution is 0.0968. The molecule has 1 aliphatic rings. The fraction of sp³-hybridized carbons (Fsp3) is 0.222. The summed E-state index contributed by atoms with van der Waals surface area (Å²) in [5, 5.41) is 2.80. The Morgan fingerprint density at radius 1 is 1.60 bits per heavy atom. The highest BCUT2D eigenvalue weighted by molar-refractivity contribution is 6.29. The lowest BCUT2D eigenvalue weighted by atomic mass is 10.2. The van der Waals surface area contributed by atoms with Gasteiger partial charge in [0.2, 0.25) is 0 Å². The molecule has 15 heavy (non-hydrogen) atoms. The summed E-state index contributed by atoms with van der Waals surface area (Å²) in [6, 6.07) is 3.30. The van der Waals surface area contributed by atoms with E-state index in [1.54, 1.807) is 6.07 Å². The van der Waals surface area contributed by atoms with E-state index >= 15 is 0 Å². The van der Waals surface area contributed by atoms with Crippen LogP contribution in [0.3, 0.4) is 0 Å². The molecule has 1 aromatic heterocycles. The molecule has 78 valence electrons. The van der Waals surface area contributed by atoms with Crippen LogP contribution in [0.4, 0.5) is 0 Å². The molecule has 0 saturated heterocycles. The third-order valence-electron chi connectivity index (χ3n) is 1.79. The van der Waals surface area contributed by atoms with E-state index in [-0.39, 0.29) is 17.1 Å². The number of carbonyl (C=O) groups is 1. The Balaban J connectivity index is 2.07. The minimum Gasteiger partial charge on any atom is -0.463 e. The molecule has 0 atom stereocenters. The Labute approximate surface area is 91.1 Å². The van der Waals surface area contributed by atoms with E-state index in [0.717, 1.165) is 0 Å². The molecular formula is C9H8ClN3O2. The highest BCUT2D eigenvalue weighted by Gasteiger charge is 2.13. The zero-order valence-corrected chi connectivity index (χ0v) is 8.49. The average molecular weight is 226 g/mol. The van der Waals surface area contributed by atoms with Gasteiger partial charge in [0, 0.05) is 11.8 Å². The van der Waals surface area contributed by atoms with Crippen molar-refractivity contribution in [3.8, 4) is 0 Å². The van der Waals surface area contributed by atoms with Crippen molar-refractivity contribution in [1.29, 1.82) is 0 Å². The van der Waals surface area contributed by atoms with Crippen LogP contribution in [0.25, 0.3) is 0 Å². The number of aromatic nitrogens is 1. The summed E-state index contributed by atoms with van der Waals surface area (Å²) in [7, 11) is 0. The van der Waals surface area contributed by atoms with Crippen LogP contribution in [0.15, 0.2) is 23.3 Å². The first kappa shape index (κ1) is 9.92. The summed E-state index contributed by atoms with van der Waals surface area (Å²) < 4.78 is 5.04. The van der Waals surface area contributed by atoms with Crippen molar-refractivity contribution in [1.82, 2.24) is 10.3 Å². The van der Waals surface area contributed by atoms with Crippen LogP contribution in [0, 0.1) is 0 Å². The van der Waals surface area contributed by atoms with Gasteiger partial charge in [0.1, 0.15) is 11.8 Å². The normalized spacial score (nSPS) is 14.3. The molecule has 0 radical (unpaired) electrons. The van der Waals surface area contributed by atoms with Crippen LogP contribution < -0.4 is 5.32 Å². The van der Waals surface area contributed by atoms with Crippen LogP contribution in [-0.2, 0) is 4.74 Å². The summed E-state index contributed by atoms with van der Waals surface area (Å²) >= 11 is 5.65. The van der Waals surface area contributed by atoms with Crippen LogP contribution >= 0.6 is 11.6 Å². The summed E-state index contributed by atoms with van der Waals surface area (Å²) in [5.41, 5.74) is 0.424. The fourth-order valence-corrected chi connectivity index (χ4v) is 1.30. The second-order valence-corrected chi connectivity index (χ2v) is 3.24. The van der Waals surface area contributed by atoms with Gasteiger partial charge in [0.25, 0.3) is 11.9 Å². The number of nitrogens with one attached hydrogen (secondary N) is 1. The molecule has 0 spiro atoms. The Hall–Kier alpha value is -1.62.